The monoisotopic (exact) mass is 336 g/mol. The van der Waals surface area contributed by atoms with Crippen LogP contribution in [0, 0.1) is 17.5 Å². The van der Waals surface area contributed by atoms with E-state index in [0.717, 1.165) is 7.11 Å². The zero-order valence-corrected chi connectivity index (χ0v) is 13.3. The SMILES string of the molecule is COc1c(F)c(F)c(-c2nc3ccccc3o2)c(NC(C)C)c1F. The molecule has 0 spiro atoms. The van der Waals surface area contributed by atoms with Gasteiger partial charge >= 0.3 is 0 Å². The normalized spacial score (nSPS) is 11.3. The number of oxazole rings is 1. The minimum absolute atomic E-state index is 0.211. The lowest BCUT2D eigenvalue weighted by Crippen LogP contribution is -2.14. The second-order valence-corrected chi connectivity index (χ2v) is 5.51. The molecule has 0 bridgehead atoms. The summed E-state index contributed by atoms with van der Waals surface area (Å²) in [6.07, 6.45) is 0. The first-order valence-corrected chi connectivity index (χ1v) is 7.31. The molecule has 0 radical (unpaired) electrons. The van der Waals surface area contributed by atoms with Crippen LogP contribution < -0.4 is 10.1 Å². The molecule has 2 aromatic carbocycles. The van der Waals surface area contributed by atoms with Crippen molar-refractivity contribution < 1.29 is 22.3 Å². The number of fused-ring (bicyclic) bond motifs is 1. The Morgan fingerprint density at radius 1 is 1.08 bits per heavy atom. The van der Waals surface area contributed by atoms with Crippen molar-refractivity contribution in [2.24, 2.45) is 0 Å². The van der Waals surface area contributed by atoms with Crippen molar-refractivity contribution in [1.29, 1.82) is 0 Å². The van der Waals surface area contributed by atoms with Gasteiger partial charge in [-0.2, -0.15) is 4.39 Å². The maximum atomic E-state index is 14.6. The van der Waals surface area contributed by atoms with Crippen LogP contribution in [0.5, 0.6) is 5.75 Å². The van der Waals surface area contributed by atoms with Crippen LogP contribution in [-0.4, -0.2) is 18.1 Å². The van der Waals surface area contributed by atoms with Crippen molar-refractivity contribution in [3.8, 4) is 17.2 Å². The van der Waals surface area contributed by atoms with Crippen molar-refractivity contribution >= 4 is 16.8 Å². The Hall–Kier alpha value is -2.70. The number of hydrogen-bond donors (Lipinski definition) is 1. The van der Waals surface area contributed by atoms with E-state index in [0.29, 0.717) is 11.1 Å². The summed E-state index contributed by atoms with van der Waals surface area (Å²) in [7, 11) is 1.07. The number of anilines is 1. The largest absolute Gasteiger partial charge is 0.491 e. The molecule has 0 unspecified atom stereocenters. The Morgan fingerprint density at radius 2 is 1.79 bits per heavy atom. The molecule has 4 nitrogen and oxygen atoms in total. The van der Waals surface area contributed by atoms with Gasteiger partial charge in [0, 0.05) is 6.04 Å². The highest BCUT2D eigenvalue weighted by Crippen LogP contribution is 2.41. The molecule has 0 aliphatic rings. The number of halogens is 3. The van der Waals surface area contributed by atoms with E-state index < -0.39 is 28.8 Å². The van der Waals surface area contributed by atoms with Crippen LogP contribution in [0.2, 0.25) is 0 Å². The molecule has 1 aromatic heterocycles. The van der Waals surface area contributed by atoms with Gasteiger partial charge < -0.3 is 14.5 Å². The fraction of sp³-hybridized carbons (Fsp3) is 0.235. The second kappa shape index (κ2) is 6.07. The van der Waals surface area contributed by atoms with Gasteiger partial charge in [0.25, 0.3) is 0 Å². The molecule has 0 saturated carbocycles. The van der Waals surface area contributed by atoms with Crippen LogP contribution in [0.3, 0.4) is 0 Å². The van der Waals surface area contributed by atoms with Gasteiger partial charge in [-0.25, -0.2) is 13.8 Å². The molecular formula is C17H15F3N2O2. The van der Waals surface area contributed by atoms with Crippen LogP contribution in [0.25, 0.3) is 22.6 Å². The number of nitrogens with one attached hydrogen (secondary N) is 1. The number of methoxy groups -OCH3 is 1. The fourth-order valence-electron chi connectivity index (χ4n) is 2.42. The molecule has 0 amide bonds. The summed E-state index contributed by atoms with van der Waals surface area (Å²) in [6.45, 7) is 3.48. The lowest BCUT2D eigenvalue weighted by Gasteiger charge is -2.17. The highest BCUT2D eigenvalue weighted by atomic mass is 19.2. The number of rotatable bonds is 4. The van der Waals surface area contributed by atoms with E-state index in [2.05, 4.69) is 15.0 Å². The van der Waals surface area contributed by atoms with Gasteiger partial charge in [-0.05, 0) is 26.0 Å². The maximum Gasteiger partial charge on any atom is 0.232 e. The molecule has 1 heterocycles. The zero-order chi connectivity index (χ0) is 17.4. The summed E-state index contributed by atoms with van der Waals surface area (Å²) >= 11 is 0. The zero-order valence-electron chi connectivity index (χ0n) is 13.3. The average molecular weight is 336 g/mol. The molecule has 24 heavy (non-hydrogen) atoms. The number of nitrogens with zero attached hydrogens (tertiary/aromatic N) is 1. The van der Waals surface area contributed by atoms with Crippen LogP contribution in [0.4, 0.5) is 18.9 Å². The number of hydrogen-bond acceptors (Lipinski definition) is 4. The Morgan fingerprint density at radius 3 is 2.42 bits per heavy atom. The lowest BCUT2D eigenvalue weighted by atomic mass is 10.1. The van der Waals surface area contributed by atoms with Gasteiger partial charge in [-0.1, -0.05) is 12.1 Å². The van der Waals surface area contributed by atoms with Gasteiger partial charge in [0.2, 0.25) is 11.7 Å². The molecule has 0 aliphatic carbocycles. The third kappa shape index (κ3) is 2.55. The number of ether oxygens (including phenoxy) is 1. The summed E-state index contributed by atoms with van der Waals surface area (Å²) in [5.74, 6) is -4.76. The molecule has 1 N–H and O–H groups in total. The topological polar surface area (TPSA) is 47.3 Å². The predicted molar refractivity (Wildman–Crippen MR) is 84.6 cm³/mol. The summed E-state index contributed by atoms with van der Waals surface area (Å²) < 4.78 is 53.5. The quantitative estimate of drug-likeness (QED) is 0.699. The maximum absolute atomic E-state index is 14.6. The first-order valence-electron chi connectivity index (χ1n) is 7.31. The van der Waals surface area contributed by atoms with Crippen molar-refractivity contribution in [2.45, 2.75) is 19.9 Å². The van der Waals surface area contributed by atoms with Gasteiger partial charge in [0.15, 0.2) is 23.0 Å². The minimum atomic E-state index is -1.43. The molecule has 126 valence electrons. The Balaban J connectivity index is 2.32. The molecule has 0 saturated heterocycles. The molecule has 0 fully saturated rings. The van der Waals surface area contributed by atoms with E-state index in [-0.39, 0.29) is 17.6 Å². The molecule has 3 aromatic rings. The van der Waals surface area contributed by atoms with E-state index in [4.69, 9.17) is 4.42 Å². The van der Waals surface area contributed by atoms with Crippen molar-refractivity contribution in [3.63, 3.8) is 0 Å². The Kier molecular flexibility index (Phi) is 4.09. The molecule has 0 aliphatic heterocycles. The summed E-state index contributed by atoms with van der Waals surface area (Å²) in [5.41, 5.74) is 0.182. The number of para-hydroxylation sites is 2. The average Bonchev–Trinajstić information content (AvgIpc) is 2.96. The number of aromatic nitrogens is 1. The van der Waals surface area contributed by atoms with Crippen molar-refractivity contribution in [1.82, 2.24) is 4.98 Å². The lowest BCUT2D eigenvalue weighted by molar-refractivity contribution is 0.348. The van der Waals surface area contributed by atoms with E-state index >= 15 is 0 Å². The van der Waals surface area contributed by atoms with Crippen molar-refractivity contribution in [2.75, 3.05) is 12.4 Å². The second-order valence-electron chi connectivity index (χ2n) is 5.51. The van der Waals surface area contributed by atoms with Crippen LogP contribution in [-0.2, 0) is 0 Å². The van der Waals surface area contributed by atoms with Gasteiger partial charge in [-0.15, -0.1) is 0 Å². The Bertz CT molecular complexity index is 873. The summed E-state index contributed by atoms with van der Waals surface area (Å²) in [6, 6.07) is 6.50. The van der Waals surface area contributed by atoms with E-state index in [1.54, 1.807) is 38.1 Å². The first-order chi connectivity index (χ1) is 11.4. The molecule has 3 rings (SSSR count). The molecule has 0 atom stereocenters. The van der Waals surface area contributed by atoms with E-state index in [9.17, 15) is 13.2 Å². The standard InChI is InChI=1S/C17H15F3N2O2/c1-8(2)21-15-11(12(18)13(19)16(23-3)14(15)20)17-22-9-6-4-5-7-10(9)24-17/h4-8,21H,1-3H3. The van der Waals surface area contributed by atoms with Gasteiger partial charge in [-0.3, -0.25) is 0 Å². The fourth-order valence-corrected chi connectivity index (χ4v) is 2.42. The van der Waals surface area contributed by atoms with Gasteiger partial charge in [0.1, 0.15) is 11.1 Å². The van der Waals surface area contributed by atoms with Crippen LogP contribution in [0.15, 0.2) is 28.7 Å². The highest BCUT2D eigenvalue weighted by Gasteiger charge is 2.29. The number of benzene rings is 2. The predicted octanol–water partition coefficient (Wildman–Crippen LogP) is 4.74. The van der Waals surface area contributed by atoms with Crippen LogP contribution in [0.1, 0.15) is 13.8 Å². The minimum Gasteiger partial charge on any atom is -0.491 e. The Labute approximate surface area is 136 Å². The van der Waals surface area contributed by atoms with Gasteiger partial charge in [0.05, 0.1) is 12.8 Å². The summed E-state index contributed by atoms with van der Waals surface area (Å²) in [5, 5.41) is 2.77. The first kappa shape index (κ1) is 16.2. The third-order valence-corrected chi connectivity index (χ3v) is 3.43. The summed E-state index contributed by atoms with van der Waals surface area (Å²) in [4.78, 5) is 4.13. The van der Waals surface area contributed by atoms with E-state index in [1.165, 1.54) is 0 Å². The van der Waals surface area contributed by atoms with Crippen LogP contribution >= 0.6 is 0 Å². The van der Waals surface area contributed by atoms with E-state index in [1.807, 2.05) is 0 Å². The molecule has 7 heteroatoms. The highest BCUT2D eigenvalue weighted by molar-refractivity contribution is 5.81. The third-order valence-electron chi connectivity index (χ3n) is 3.43. The van der Waals surface area contributed by atoms with Crippen molar-refractivity contribution in [3.05, 3.63) is 41.7 Å². The smallest absolute Gasteiger partial charge is 0.232 e. The molecular weight excluding hydrogens is 321 g/mol.